The molecule has 27 heavy (non-hydrogen) atoms. The zero-order valence-electron chi connectivity index (χ0n) is 15.5. The van der Waals surface area contributed by atoms with E-state index < -0.39 is 0 Å². The normalized spacial score (nSPS) is 10.6. The van der Waals surface area contributed by atoms with Gasteiger partial charge in [0, 0.05) is 28.4 Å². The molecule has 3 aromatic rings. The van der Waals surface area contributed by atoms with E-state index in [0.717, 1.165) is 22.1 Å². The molecule has 3 rings (SSSR count). The maximum absolute atomic E-state index is 12.3. The number of hydrogen-bond donors (Lipinski definition) is 3. The van der Waals surface area contributed by atoms with Crippen molar-refractivity contribution in [2.75, 3.05) is 22.5 Å². The van der Waals surface area contributed by atoms with Crippen molar-refractivity contribution in [3.63, 3.8) is 0 Å². The fourth-order valence-electron chi connectivity index (χ4n) is 2.70. The van der Waals surface area contributed by atoms with Crippen molar-refractivity contribution < 1.29 is 9.59 Å². The number of nitrogens with one attached hydrogen (secondary N) is 3. The standard InChI is InChI=1S/C22H23N3O2/c1-15(2)22(27)24-18-10-6-9-17(13-18)23-14-21(26)25-20-12-5-8-16-7-3-4-11-19(16)20/h3-13,15,23H,14H2,1-2H3,(H,24,27)(H,25,26). The third-order valence-corrected chi connectivity index (χ3v) is 4.17. The fraction of sp³-hybridized carbons (Fsp3) is 0.182. The molecule has 0 aliphatic carbocycles. The van der Waals surface area contributed by atoms with Crippen molar-refractivity contribution in [2.45, 2.75) is 13.8 Å². The second-order valence-corrected chi connectivity index (χ2v) is 6.65. The van der Waals surface area contributed by atoms with Crippen molar-refractivity contribution in [3.8, 4) is 0 Å². The van der Waals surface area contributed by atoms with Gasteiger partial charge in [-0.15, -0.1) is 0 Å². The topological polar surface area (TPSA) is 70.2 Å². The number of carbonyl (C=O) groups excluding carboxylic acids is 2. The van der Waals surface area contributed by atoms with Crippen molar-refractivity contribution in [2.24, 2.45) is 5.92 Å². The zero-order chi connectivity index (χ0) is 19.2. The summed E-state index contributed by atoms with van der Waals surface area (Å²) in [6.45, 7) is 3.81. The Morgan fingerprint density at radius 3 is 2.37 bits per heavy atom. The second-order valence-electron chi connectivity index (χ2n) is 6.65. The molecule has 3 N–H and O–H groups in total. The van der Waals surface area contributed by atoms with E-state index in [-0.39, 0.29) is 24.3 Å². The molecule has 0 radical (unpaired) electrons. The quantitative estimate of drug-likeness (QED) is 0.606. The van der Waals surface area contributed by atoms with E-state index in [4.69, 9.17) is 0 Å². The van der Waals surface area contributed by atoms with Gasteiger partial charge in [0.1, 0.15) is 0 Å². The van der Waals surface area contributed by atoms with Gasteiger partial charge in [0.05, 0.1) is 6.54 Å². The fourth-order valence-corrected chi connectivity index (χ4v) is 2.70. The maximum Gasteiger partial charge on any atom is 0.243 e. The third kappa shape index (κ3) is 4.85. The Labute approximate surface area is 158 Å². The Bertz CT molecular complexity index is 961. The predicted octanol–water partition coefficient (Wildman–Crippen LogP) is 4.48. The Morgan fingerprint density at radius 1 is 0.852 bits per heavy atom. The van der Waals surface area contributed by atoms with E-state index in [0.29, 0.717) is 5.69 Å². The highest BCUT2D eigenvalue weighted by molar-refractivity contribution is 6.03. The van der Waals surface area contributed by atoms with Gasteiger partial charge in [0.2, 0.25) is 11.8 Å². The number of rotatable bonds is 6. The molecule has 5 nitrogen and oxygen atoms in total. The summed E-state index contributed by atoms with van der Waals surface area (Å²) in [5.74, 6) is -0.267. The molecule has 0 fully saturated rings. The van der Waals surface area contributed by atoms with Crippen molar-refractivity contribution >= 4 is 39.6 Å². The average molecular weight is 361 g/mol. The Morgan fingerprint density at radius 2 is 1.56 bits per heavy atom. The molecule has 0 aliphatic heterocycles. The van der Waals surface area contributed by atoms with Gasteiger partial charge in [-0.2, -0.15) is 0 Å². The van der Waals surface area contributed by atoms with Crippen LogP contribution in [0.15, 0.2) is 66.7 Å². The lowest BCUT2D eigenvalue weighted by atomic mass is 10.1. The lowest BCUT2D eigenvalue weighted by Crippen LogP contribution is -2.22. The van der Waals surface area contributed by atoms with Crippen molar-refractivity contribution in [1.82, 2.24) is 0 Å². The average Bonchev–Trinajstić information content (AvgIpc) is 2.67. The first-order valence-corrected chi connectivity index (χ1v) is 8.95. The van der Waals surface area contributed by atoms with Gasteiger partial charge in [-0.3, -0.25) is 9.59 Å². The molecular formula is C22H23N3O2. The van der Waals surface area contributed by atoms with Gasteiger partial charge in [0.15, 0.2) is 0 Å². The minimum absolute atomic E-state index is 0.0409. The van der Waals surface area contributed by atoms with Crippen molar-refractivity contribution in [1.29, 1.82) is 0 Å². The summed E-state index contributed by atoms with van der Waals surface area (Å²) in [5.41, 5.74) is 2.26. The van der Waals surface area contributed by atoms with Crippen molar-refractivity contribution in [3.05, 3.63) is 66.7 Å². The van der Waals surface area contributed by atoms with Crippen LogP contribution in [0.3, 0.4) is 0 Å². The molecule has 5 heteroatoms. The van der Waals surface area contributed by atoms with E-state index in [1.165, 1.54) is 0 Å². The summed E-state index contributed by atoms with van der Waals surface area (Å²) in [4.78, 5) is 24.1. The van der Waals surface area contributed by atoms with E-state index in [2.05, 4.69) is 16.0 Å². The number of carbonyl (C=O) groups is 2. The summed E-state index contributed by atoms with van der Waals surface area (Å²) in [6, 6.07) is 21.1. The van der Waals surface area contributed by atoms with Gasteiger partial charge in [0.25, 0.3) is 0 Å². The van der Waals surface area contributed by atoms with Crippen LogP contribution in [0.1, 0.15) is 13.8 Å². The third-order valence-electron chi connectivity index (χ3n) is 4.17. The molecule has 0 heterocycles. The highest BCUT2D eigenvalue weighted by atomic mass is 16.2. The molecule has 2 amide bonds. The van der Waals surface area contributed by atoms with E-state index in [1.807, 2.05) is 80.6 Å². The number of anilines is 3. The number of fused-ring (bicyclic) bond motifs is 1. The Hall–Kier alpha value is -3.34. The summed E-state index contributed by atoms with van der Waals surface area (Å²) in [7, 11) is 0. The molecule has 0 spiro atoms. The van der Waals surface area contributed by atoms with Crippen LogP contribution >= 0.6 is 0 Å². The number of amides is 2. The monoisotopic (exact) mass is 361 g/mol. The first-order valence-electron chi connectivity index (χ1n) is 8.95. The predicted molar refractivity (Wildman–Crippen MR) is 111 cm³/mol. The summed E-state index contributed by atoms with van der Waals surface area (Å²) < 4.78 is 0. The minimum Gasteiger partial charge on any atom is -0.376 e. The number of benzene rings is 3. The van der Waals surface area contributed by atoms with Gasteiger partial charge in [-0.05, 0) is 29.7 Å². The lowest BCUT2D eigenvalue weighted by Gasteiger charge is -2.12. The first kappa shape index (κ1) is 18.5. The zero-order valence-corrected chi connectivity index (χ0v) is 15.5. The van der Waals surface area contributed by atoms with Crippen LogP contribution in [-0.4, -0.2) is 18.4 Å². The molecule has 0 bridgehead atoms. The van der Waals surface area contributed by atoms with Gasteiger partial charge < -0.3 is 16.0 Å². The highest BCUT2D eigenvalue weighted by Gasteiger charge is 2.08. The largest absolute Gasteiger partial charge is 0.376 e. The molecular weight excluding hydrogens is 338 g/mol. The first-order chi connectivity index (χ1) is 13.0. The van der Waals surface area contributed by atoms with E-state index in [9.17, 15) is 9.59 Å². The summed E-state index contributed by atoms with van der Waals surface area (Å²) >= 11 is 0. The van der Waals surface area contributed by atoms with Crippen LogP contribution in [-0.2, 0) is 9.59 Å². The van der Waals surface area contributed by atoms with E-state index >= 15 is 0 Å². The van der Waals surface area contributed by atoms with Crippen LogP contribution in [0.25, 0.3) is 10.8 Å². The van der Waals surface area contributed by atoms with Crippen LogP contribution in [0.5, 0.6) is 0 Å². The smallest absolute Gasteiger partial charge is 0.243 e. The van der Waals surface area contributed by atoms with Gasteiger partial charge in [-0.1, -0.05) is 56.3 Å². The van der Waals surface area contributed by atoms with Crippen LogP contribution in [0.4, 0.5) is 17.1 Å². The Balaban J connectivity index is 1.61. The molecule has 0 aliphatic rings. The highest BCUT2D eigenvalue weighted by Crippen LogP contribution is 2.23. The molecule has 0 aromatic heterocycles. The van der Waals surface area contributed by atoms with E-state index in [1.54, 1.807) is 0 Å². The molecule has 138 valence electrons. The molecule has 0 saturated carbocycles. The van der Waals surface area contributed by atoms with Gasteiger partial charge >= 0.3 is 0 Å². The van der Waals surface area contributed by atoms with Crippen LogP contribution < -0.4 is 16.0 Å². The summed E-state index contributed by atoms with van der Waals surface area (Å²) in [6.07, 6.45) is 0. The maximum atomic E-state index is 12.3. The molecule has 3 aromatic carbocycles. The molecule has 0 unspecified atom stereocenters. The second kappa shape index (κ2) is 8.36. The number of hydrogen-bond acceptors (Lipinski definition) is 3. The molecule has 0 atom stereocenters. The van der Waals surface area contributed by atoms with Crippen LogP contribution in [0, 0.1) is 5.92 Å². The Kier molecular flexibility index (Phi) is 5.71. The molecule has 0 saturated heterocycles. The minimum atomic E-state index is -0.136. The summed E-state index contributed by atoms with van der Waals surface area (Å²) in [5, 5.41) is 11.0. The van der Waals surface area contributed by atoms with Gasteiger partial charge in [-0.25, -0.2) is 0 Å². The SMILES string of the molecule is CC(C)C(=O)Nc1cccc(NCC(=O)Nc2cccc3ccccc23)c1. The lowest BCUT2D eigenvalue weighted by molar-refractivity contribution is -0.119. The van der Waals surface area contributed by atoms with Crippen LogP contribution in [0.2, 0.25) is 0 Å².